The fourth-order valence-electron chi connectivity index (χ4n) is 2.00. The van der Waals surface area contributed by atoms with Gasteiger partial charge >= 0.3 is 5.97 Å². The summed E-state index contributed by atoms with van der Waals surface area (Å²) in [6, 6.07) is 4.22. The Morgan fingerprint density at radius 3 is 2.45 bits per heavy atom. The number of hydrogen-bond acceptors (Lipinski definition) is 3. The molecule has 0 fully saturated rings. The highest BCUT2D eigenvalue weighted by Crippen LogP contribution is 2.22. The van der Waals surface area contributed by atoms with Crippen molar-refractivity contribution in [1.29, 1.82) is 0 Å². The van der Waals surface area contributed by atoms with Gasteiger partial charge in [0.05, 0.1) is 13.0 Å². The normalized spacial score (nSPS) is 10.8. The number of carbonyl (C=O) groups is 1. The predicted octanol–water partition coefficient (Wildman–Crippen LogP) is 2.79. The second kappa shape index (κ2) is 7.90. The lowest BCUT2D eigenvalue weighted by Crippen LogP contribution is -2.24. The molecule has 0 aliphatic rings. The Balaban J connectivity index is 2.31. The number of aliphatic carboxylic acids is 1. The first-order chi connectivity index (χ1) is 9.40. The van der Waals surface area contributed by atoms with Gasteiger partial charge in [0.2, 0.25) is 0 Å². The molecular formula is C16H25NO3. The Morgan fingerprint density at radius 2 is 1.80 bits per heavy atom. The van der Waals surface area contributed by atoms with Gasteiger partial charge in [0.25, 0.3) is 0 Å². The van der Waals surface area contributed by atoms with Crippen LogP contribution in [-0.2, 0) is 4.79 Å². The van der Waals surface area contributed by atoms with E-state index in [0.717, 1.165) is 24.3 Å². The van der Waals surface area contributed by atoms with Gasteiger partial charge in [-0.3, -0.25) is 4.79 Å². The maximum Gasteiger partial charge on any atom is 0.304 e. The van der Waals surface area contributed by atoms with Crippen LogP contribution < -0.4 is 4.74 Å². The summed E-state index contributed by atoms with van der Waals surface area (Å²) in [7, 11) is 1.93. The van der Waals surface area contributed by atoms with E-state index in [-0.39, 0.29) is 6.42 Å². The highest BCUT2D eigenvalue weighted by molar-refractivity contribution is 5.66. The van der Waals surface area contributed by atoms with Crippen molar-refractivity contribution in [3.8, 4) is 5.75 Å². The Labute approximate surface area is 121 Å². The Hall–Kier alpha value is -1.55. The Bertz CT molecular complexity index is 457. The molecule has 1 aromatic rings. The van der Waals surface area contributed by atoms with Gasteiger partial charge in [0.15, 0.2) is 0 Å². The molecule has 20 heavy (non-hydrogen) atoms. The molecule has 0 aliphatic heterocycles. The van der Waals surface area contributed by atoms with Crippen LogP contribution >= 0.6 is 0 Å². The van der Waals surface area contributed by atoms with Crippen LogP contribution in [0.3, 0.4) is 0 Å². The van der Waals surface area contributed by atoms with Crippen molar-refractivity contribution in [2.24, 2.45) is 0 Å². The smallest absolute Gasteiger partial charge is 0.304 e. The van der Waals surface area contributed by atoms with Crippen molar-refractivity contribution in [3.05, 3.63) is 28.8 Å². The van der Waals surface area contributed by atoms with Crippen LogP contribution in [0, 0.1) is 20.8 Å². The zero-order chi connectivity index (χ0) is 15.1. The average Bonchev–Trinajstić information content (AvgIpc) is 2.37. The van der Waals surface area contributed by atoms with E-state index in [4.69, 9.17) is 9.84 Å². The largest absolute Gasteiger partial charge is 0.493 e. The molecule has 0 amide bonds. The molecule has 0 saturated heterocycles. The number of benzene rings is 1. The monoisotopic (exact) mass is 279 g/mol. The van der Waals surface area contributed by atoms with E-state index in [1.807, 2.05) is 11.9 Å². The predicted molar refractivity (Wildman–Crippen MR) is 80.5 cm³/mol. The lowest BCUT2D eigenvalue weighted by atomic mass is 10.1. The summed E-state index contributed by atoms with van der Waals surface area (Å²) in [5.41, 5.74) is 3.68. The SMILES string of the molecule is Cc1cc(C)c(OCCCN(C)CCC(=O)O)cc1C. The summed E-state index contributed by atoms with van der Waals surface area (Å²) in [5, 5.41) is 8.61. The third-order valence-corrected chi connectivity index (χ3v) is 3.44. The van der Waals surface area contributed by atoms with Gasteiger partial charge < -0.3 is 14.7 Å². The minimum Gasteiger partial charge on any atom is -0.493 e. The lowest BCUT2D eigenvalue weighted by Gasteiger charge is -2.16. The van der Waals surface area contributed by atoms with E-state index < -0.39 is 5.97 Å². The number of rotatable bonds is 8. The van der Waals surface area contributed by atoms with Crippen LogP contribution in [0.4, 0.5) is 0 Å². The minimum absolute atomic E-state index is 0.188. The second-order valence-electron chi connectivity index (χ2n) is 5.35. The molecular weight excluding hydrogens is 254 g/mol. The van der Waals surface area contributed by atoms with Crippen molar-refractivity contribution >= 4 is 5.97 Å². The standard InChI is InChI=1S/C16H25NO3/c1-12-10-14(3)15(11-13(12)2)20-9-5-7-17(4)8-6-16(18)19/h10-11H,5-9H2,1-4H3,(H,18,19). The lowest BCUT2D eigenvalue weighted by molar-refractivity contribution is -0.137. The topological polar surface area (TPSA) is 49.8 Å². The summed E-state index contributed by atoms with van der Waals surface area (Å²) >= 11 is 0. The van der Waals surface area contributed by atoms with Gasteiger partial charge in [-0.15, -0.1) is 0 Å². The van der Waals surface area contributed by atoms with Crippen LogP contribution in [0.25, 0.3) is 0 Å². The number of hydrogen-bond donors (Lipinski definition) is 1. The number of nitrogens with zero attached hydrogens (tertiary/aromatic N) is 1. The fourth-order valence-corrected chi connectivity index (χ4v) is 2.00. The van der Waals surface area contributed by atoms with Crippen molar-refractivity contribution < 1.29 is 14.6 Å². The molecule has 0 radical (unpaired) electrons. The van der Waals surface area contributed by atoms with Crippen molar-refractivity contribution in [3.63, 3.8) is 0 Å². The maximum atomic E-state index is 10.5. The maximum absolute atomic E-state index is 10.5. The number of ether oxygens (including phenoxy) is 1. The molecule has 1 N–H and O–H groups in total. The third-order valence-electron chi connectivity index (χ3n) is 3.44. The summed E-state index contributed by atoms with van der Waals surface area (Å²) < 4.78 is 5.81. The average molecular weight is 279 g/mol. The van der Waals surface area contributed by atoms with Gasteiger partial charge in [-0.05, 0) is 57.0 Å². The number of carboxylic acid groups (broad SMARTS) is 1. The molecule has 1 aromatic carbocycles. The van der Waals surface area contributed by atoms with Gasteiger partial charge in [0, 0.05) is 13.1 Å². The van der Waals surface area contributed by atoms with E-state index in [1.165, 1.54) is 11.1 Å². The molecule has 112 valence electrons. The first-order valence-electron chi connectivity index (χ1n) is 7.01. The molecule has 0 aromatic heterocycles. The second-order valence-corrected chi connectivity index (χ2v) is 5.35. The molecule has 4 heteroatoms. The number of carboxylic acids is 1. The number of aryl methyl sites for hydroxylation is 3. The summed E-state index contributed by atoms with van der Waals surface area (Å²) in [4.78, 5) is 12.5. The quantitative estimate of drug-likeness (QED) is 0.743. The Kier molecular flexibility index (Phi) is 6.52. The molecule has 1 rings (SSSR count). The van der Waals surface area contributed by atoms with Crippen molar-refractivity contribution in [1.82, 2.24) is 4.90 Å². The highest BCUT2D eigenvalue weighted by Gasteiger charge is 2.05. The van der Waals surface area contributed by atoms with Gasteiger partial charge in [-0.25, -0.2) is 0 Å². The first kappa shape index (κ1) is 16.5. The van der Waals surface area contributed by atoms with Gasteiger partial charge in [-0.2, -0.15) is 0 Å². The summed E-state index contributed by atoms with van der Waals surface area (Å²) in [6.07, 6.45) is 1.08. The van der Waals surface area contributed by atoms with Crippen LogP contribution in [0.15, 0.2) is 12.1 Å². The zero-order valence-electron chi connectivity index (χ0n) is 12.9. The molecule has 0 heterocycles. The molecule has 0 unspecified atom stereocenters. The first-order valence-corrected chi connectivity index (χ1v) is 7.01. The molecule has 0 saturated carbocycles. The third kappa shape index (κ3) is 5.61. The summed E-state index contributed by atoms with van der Waals surface area (Å²) in [6.45, 7) is 8.32. The van der Waals surface area contributed by atoms with Crippen LogP contribution in [-0.4, -0.2) is 42.7 Å². The molecule has 0 aliphatic carbocycles. The van der Waals surface area contributed by atoms with Crippen molar-refractivity contribution in [2.75, 3.05) is 26.7 Å². The van der Waals surface area contributed by atoms with E-state index >= 15 is 0 Å². The van der Waals surface area contributed by atoms with E-state index in [9.17, 15) is 4.79 Å². The summed E-state index contributed by atoms with van der Waals surface area (Å²) in [5.74, 6) is 0.195. The van der Waals surface area contributed by atoms with Crippen LogP contribution in [0.1, 0.15) is 29.5 Å². The van der Waals surface area contributed by atoms with Gasteiger partial charge in [-0.1, -0.05) is 6.07 Å². The molecule has 0 atom stereocenters. The van der Waals surface area contributed by atoms with E-state index in [1.54, 1.807) is 0 Å². The van der Waals surface area contributed by atoms with Crippen LogP contribution in [0.2, 0.25) is 0 Å². The van der Waals surface area contributed by atoms with Crippen molar-refractivity contribution in [2.45, 2.75) is 33.6 Å². The highest BCUT2D eigenvalue weighted by atomic mass is 16.5. The fraction of sp³-hybridized carbons (Fsp3) is 0.562. The Morgan fingerprint density at radius 1 is 1.15 bits per heavy atom. The van der Waals surface area contributed by atoms with E-state index in [0.29, 0.717) is 13.2 Å². The molecule has 4 nitrogen and oxygen atoms in total. The molecule has 0 spiro atoms. The molecule has 0 bridgehead atoms. The van der Waals surface area contributed by atoms with Gasteiger partial charge in [0.1, 0.15) is 5.75 Å². The van der Waals surface area contributed by atoms with Crippen LogP contribution in [0.5, 0.6) is 5.75 Å². The van der Waals surface area contributed by atoms with E-state index in [2.05, 4.69) is 32.9 Å². The zero-order valence-corrected chi connectivity index (χ0v) is 12.9. The minimum atomic E-state index is -0.751.